The first-order chi connectivity index (χ1) is 28.1. The molecule has 0 bridgehead atoms. The van der Waals surface area contributed by atoms with Gasteiger partial charge in [0.1, 0.15) is 30.7 Å². The normalized spacial score (nSPS) is 19.2. The third kappa shape index (κ3) is 10.3. The van der Waals surface area contributed by atoms with Gasteiger partial charge in [0, 0.05) is 74.5 Å². The average molecular weight is 915 g/mol. The van der Waals surface area contributed by atoms with Crippen molar-refractivity contribution in [3.8, 4) is 11.8 Å². The molecule has 0 saturated carbocycles. The Morgan fingerprint density at radius 2 is 1.31 bits per heavy atom. The third-order valence-corrected chi connectivity index (χ3v) is 11.1. The van der Waals surface area contributed by atoms with Crippen molar-refractivity contribution in [2.45, 2.75) is 91.5 Å². The highest BCUT2D eigenvalue weighted by atomic mass is 127. The van der Waals surface area contributed by atoms with Crippen molar-refractivity contribution in [2.75, 3.05) is 52.6 Å². The molecule has 20 heteroatoms. The number of ether oxygens (including phenoxy) is 4. The summed E-state index contributed by atoms with van der Waals surface area (Å²) in [5, 5.41) is 17.2. The lowest BCUT2D eigenvalue weighted by atomic mass is 9.77. The van der Waals surface area contributed by atoms with E-state index in [-0.39, 0.29) is 24.0 Å². The van der Waals surface area contributed by atoms with Crippen molar-refractivity contribution in [3.63, 3.8) is 0 Å². The van der Waals surface area contributed by atoms with Crippen molar-refractivity contribution in [1.29, 1.82) is 0 Å². The molecule has 4 aliphatic rings. The summed E-state index contributed by atoms with van der Waals surface area (Å²) in [5.74, 6) is 2.25. The summed E-state index contributed by atoms with van der Waals surface area (Å²) in [5.41, 5.74) is 4.78. The number of hydrogen-bond donors (Lipinski definition) is 2. The molecule has 2 atom stereocenters. The number of hydrogen-bond acceptors (Lipinski definition) is 14. The van der Waals surface area contributed by atoms with Crippen LogP contribution in [0.3, 0.4) is 0 Å². The number of carbonyl (C=O) groups excluding carboxylic acids is 2. The first-order valence-corrected chi connectivity index (χ1v) is 21.1. The number of halogens is 1. The Morgan fingerprint density at radius 3 is 1.78 bits per heavy atom. The largest absolute Gasteiger partial charge is 0.483 e. The van der Waals surface area contributed by atoms with Crippen molar-refractivity contribution < 1.29 is 38.6 Å². The second-order valence-corrected chi connectivity index (χ2v) is 14.9. The molecule has 0 unspecified atom stereocenters. The molecular formula is C38H52BIN10O8. The smallest absolute Gasteiger partial charge is 0.471 e. The van der Waals surface area contributed by atoms with Crippen LogP contribution in [0.4, 0.5) is 0 Å². The molecule has 0 radical (unpaired) electrons. The molecule has 0 aliphatic carbocycles. The first kappa shape index (κ1) is 43.3. The minimum Gasteiger partial charge on any atom is -0.471 e. The Hall–Kier alpha value is -4.25. The topological polar surface area (TPSA) is 205 Å². The van der Waals surface area contributed by atoms with E-state index in [1.807, 2.05) is 28.2 Å². The molecule has 0 spiro atoms. The molecule has 2 saturated heterocycles. The monoisotopic (exact) mass is 914 g/mol. The van der Waals surface area contributed by atoms with E-state index in [4.69, 9.17) is 34.0 Å². The number of amides is 2. The van der Waals surface area contributed by atoms with Crippen LogP contribution in [0.15, 0.2) is 30.3 Å². The van der Waals surface area contributed by atoms with Gasteiger partial charge in [0.25, 0.3) is 0 Å². The van der Waals surface area contributed by atoms with Crippen molar-refractivity contribution in [2.24, 2.45) is 0 Å². The predicted octanol–water partition coefficient (Wildman–Crippen LogP) is 3.23. The number of nitrogens with zero attached hydrogens (tertiary/aromatic N) is 10. The van der Waals surface area contributed by atoms with Gasteiger partial charge in [-0.1, -0.05) is 26.0 Å². The van der Waals surface area contributed by atoms with Crippen molar-refractivity contribution >= 4 is 69.4 Å². The van der Waals surface area contributed by atoms with Crippen LogP contribution in [0.5, 0.6) is 11.8 Å². The maximum Gasteiger partial charge on any atom is 0.483 e. The molecule has 58 heavy (non-hydrogen) atoms. The van der Waals surface area contributed by atoms with Crippen LogP contribution in [-0.4, -0.2) is 143 Å². The second kappa shape index (κ2) is 20.6. The molecule has 18 nitrogen and oxygen atoms in total. The number of fused-ring (bicyclic) bond motifs is 2. The van der Waals surface area contributed by atoms with E-state index in [1.165, 1.54) is 18.2 Å². The van der Waals surface area contributed by atoms with Gasteiger partial charge in [-0.25, -0.2) is 19.9 Å². The molecule has 2 N–H and O–H groups in total. The zero-order chi connectivity index (χ0) is 41.2. The van der Waals surface area contributed by atoms with Gasteiger partial charge < -0.3 is 47.9 Å². The van der Waals surface area contributed by atoms with E-state index >= 15 is 0 Å². The quantitative estimate of drug-likeness (QED) is 0.133. The summed E-state index contributed by atoms with van der Waals surface area (Å²) in [4.78, 5) is 54.0. The fourth-order valence-corrected chi connectivity index (χ4v) is 7.98. The Balaban J connectivity index is 0.000000164. The maximum atomic E-state index is 11.9. The van der Waals surface area contributed by atoms with Gasteiger partial charge >= 0.3 is 7.12 Å². The molecule has 2 fully saturated rings. The molecule has 312 valence electrons. The van der Waals surface area contributed by atoms with Crippen LogP contribution in [-0.2, 0) is 32.2 Å². The lowest BCUT2D eigenvalue weighted by Gasteiger charge is -2.16. The molecule has 2 amide bonds. The number of aromatic nitrogens is 8. The lowest BCUT2D eigenvalue weighted by molar-refractivity contribution is -0.130. The number of aryl methyl sites for hydroxylation is 2. The van der Waals surface area contributed by atoms with Gasteiger partial charge in [0.05, 0.1) is 39.5 Å². The first-order valence-electron chi connectivity index (χ1n) is 20.0. The van der Waals surface area contributed by atoms with Crippen molar-refractivity contribution in [1.82, 2.24) is 48.8 Å². The SMILES string of the molecule is CCC(=O)N1CC[C@H](Oc2ncnc3c2nc(C2=CCOCC2)n3CC)C1.CCC(=O)N1CC[C@H](Oc2ncnc3c2nc(I)n3CC)C1.OB(O)C1=CCOCC1. The minimum absolute atomic E-state index is 0.0296. The maximum absolute atomic E-state index is 11.9. The number of carbonyl (C=O) groups is 2. The van der Waals surface area contributed by atoms with Gasteiger partial charge in [-0.3, -0.25) is 9.59 Å². The highest BCUT2D eigenvalue weighted by Gasteiger charge is 2.30. The Labute approximate surface area is 351 Å². The fourth-order valence-electron chi connectivity index (χ4n) is 7.17. The zero-order valence-electron chi connectivity index (χ0n) is 33.5. The highest BCUT2D eigenvalue weighted by Crippen LogP contribution is 2.30. The van der Waals surface area contributed by atoms with E-state index in [9.17, 15) is 9.59 Å². The van der Waals surface area contributed by atoms with Crippen LogP contribution >= 0.6 is 22.6 Å². The molecule has 0 aromatic carbocycles. The van der Waals surface area contributed by atoms with Gasteiger partial charge in [0.2, 0.25) is 23.6 Å². The van der Waals surface area contributed by atoms with Crippen LogP contribution in [0.1, 0.15) is 72.0 Å². The van der Waals surface area contributed by atoms with E-state index < -0.39 is 7.12 Å². The number of imidazole rings is 2. The van der Waals surface area contributed by atoms with Gasteiger partial charge in [-0.15, -0.1) is 0 Å². The van der Waals surface area contributed by atoms with E-state index in [0.29, 0.717) is 87.0 Å². The molecular weight excluding hydrogens is 862 g/mol. The fraction of sp³-hybridized carbons (Fsp3) is 0.579. The molecule has 4 aromatic heterocycles. The van der Waals surface area contributed by atoms with Crippen LogP contribution in [0, 0.1) is 3.83 Å². The Bertz CT molecular complexity index is 2110. The third-order valence-electron chi connectivity index (χ3n) is 10.3. The molecule has 4 aliphatic heterocycles. The standard InChI is InChI=1S/C19H25N5O3.C14H18IN5O2.C5H9BO3/c1-3-15(25)23-8-5-14(11-23)27-19-16-18(20-12-21-19)24(4-2)17(22-16)13-6-9-26-10-7-13;1-3-10(21)19-6-5-9(7-19)22-13-11-12(16-8-17-13)20(4-2)14(15)18-11;7-6(8)5-1-3-9-4-2-5/h6,12,14H,3-5,7-11H2,1-2H3;8-9H,3-7H2,1-2H3;1,7-8H,2-4H2/t14-;9-;/m00./s1. The summed E-state index contributed by atoms with van der Waals surface area (Å²) in [6, 6.07) is 0. The summed E-state index contributed by atoms with van der Waals surface area (Å²) in [6.07, 6.45) is 10.9. The Kier molecular flexibility index (Phi) is 15.4. The predicted molar refractivity (Wildman–Crippen MR) is 224 cm³/mol. The summed E-state index contributed by atoms with van der Waals surface area (Å²) < 4.78 is 27.5. The highest BCUT2D eigenvalue weighted by molar-refractivity contribution is 14.1. The van der Waals surface area contributed by atoms with Gasteiger partial charge in [0.15, 0.2) is 26.2 Å². The lowest BCUT2D eigenvalue weighted by Crippen LogP contribution is -2.30. The second-order valence-electron chi connectivity index (χ2n) is 14.0. The van der Waals surface area contributed by atoms with E-state index in [0.717, 1.165) is 66.4 Å². The summed E-state index contributed by atoms with van der Waals surface area (Å²) >= 11 is 2.19. The van der Waals surface area contributed by atoms with Crippen LogP contribution in [0.25, 0.3) is 27.9 Å². The minimum atomic E-state index is -1.28. The number of rotatable bonds is 10. The van der Waals surface area contributed by atoms with Gasteiger partial charge in [-0.2, -0.15) is 9.97 Å². The van der Waals surface area contributed by atoms with Crippen LogP contribution < -0.4 is 9.47 Å². The average Bonchev–Trinajstić information content (AvgIpc) is 4.07. The van der Waals surface area contributed by atoms with Crippen LogP contribution in [0.2, 0.25) is 0 Å². The molecule has 8 heterocycles. The summed E-state index contributed by atoms with van der Waals surface area (Å²) in [7, 11) is -1.28. The Morgan fingerprint density at radius 1 is 0.776 bits per heavy atom. The molecule has 4 aromatic rings. The van der Waals surface area contributed by atoms with Crippen molar-refractivity contribution in [3.05, 3.63) is 39.9 Å². The number of likely N-dealkylation sites (tertiary alicyclic amines) is 2. The van der Waals surface area contributed by atoms with E-state index in [2.05, 4.69) is 72.0 Å². The van der Waals surface area contributed by atoms with E-state index in [1.54, 1.807) is 6.08 Å². The molecule has 8 rings (SSSR count). The van der Waals surface area contributed by atoms with Gasteiger partial charge in [-0.05, 0) is 37.7 Å². The summed E-state index contributed by atoms with van der Waals surface area (Å²) in [6.45, 7) is 14.6. The zero-order valence-corrected chi connectivity index (χ0v) is 35.7.